The summed E-state index contributed by atoms with van der Waals surface area (Å²) in [6.07, 6.45) is 3.77. The molecular weight excluding hydrogens is 368 g/mol. The van der Waals surface area contributed by atoms with E-state index in [1.807, 2.05) is 0 Å². The number of urea groups is 1. The Morgan fingerprint density at radius 3 is 2.52 bits per heavy atom. The number of sulfonamides is 1. The number of hydrogen-bond acceptors (Lipinski definition) is 5. The van der Waals surface area contributed by atoms with Gasteiger partial charge in [0.05, 0.1) is 5.60 Å². The number of nitrogens with zero attached hydrogens (tertiary/aromatic N) is 2. The van der Waals surface area contributed by atoms with Gasteiger partial charge in [-0.2, -0.15) is 0 Å². The van der Waals surface area contributed by atoms with Gasteiger partial charge in [-0.15, -0.1) is 0 Å². The Hall–Kier alpha value is -1.71. The number of nitrogens with one attached hydrogen (secondary N) is 2. The van der Waals surface area contributed by atoms with Gasteiger partial charge in [-0.25, -0.2) is 22.9 Å². The molecule has 1 atom stereocenters. The Balaban J connectivity index is 2.01. The van der Waals surface area contributed by atoms with Gasteiger partial charge in [-0.1, -0.05) is 0 Å². The van der Waals surface area contributed by atoms with E-state index >= 15 is 0 Å². The lowest BCUT2D eigenvalue weighted by molar-refractivity contribution is -0.00492. The molecule has 0 bridgehead atoms. The van der Waals surface area contributed by atoms with Gasteiger partial charge < -0.3 is 9.64 Å². The fourth-order valence-corrected chi connectivity index (χ4v) is 4.29. The topological polar surface area (TPSA) is 101 Å². The smallest absolute Gasteiger partial charge is 0.323 e. The maximum atomic E-state index is 12.5. The number of anilines is 1. The summed E-state index contributed by atoms with van der Waals surface area (Å²) >= 11 is 0. The minimum atomic E-state index is -3.65. The molecule has 1 aromatic heterocycles. The molecule has 8 nitrogen and oxygen atoms in total. The molecule has 2 amide bonds. The maximum Gasteiger partial charge on any atom is 0.323 e. The molecule has 27 heavy (non-hydrogen) atoms. The van der Waals surface area contributed by atoms with Gasteiger partial charge in [-0.3, -0.25) is 5.32 Å². The normalized spacial score (nSPS) is 21.6. The highest BCUT2D eigenvalue weighted by Gasteiger charge is 2.29. The van der Waals surface area contributed by atoms with Crippen LogP contribution in [0.25, 0.3) is 0 Å². The lowest BCUT2D eigenvalue weighted by atomic mass is 9.97. The van der Waals surface area contributed by atoms with Crippen LogP contribution in [0.1, 0.15) is 47.0 Å². The summed E-state index contributed by atoms with van der Waals surface area (Å²) in [6, 6.07) is 2.68. The van der Waals surface area contributed by atoms with Crippen molar-refractivity contribution in [1.82, 2.24) is 14.6 Å². The Kier molecular flexibility index (Phi) is 6.49. The zero-order valence-corrected chi connectivity index (χ0v) is 17.5. The minimum Gasteiger partial charge on any atom is -0.378 e. The van der Waals surface area contributed by atoms with E-state index in [9.17, 15) is 13.2 Å². The summed E-state index contributed by atoms with van der Waals surface area (Å²) in [5.74, 6) is 0.313. The summed E-state index contributed by atoms with van der Waals surface area (Å²) < 4.78 is 32.7. The van der Waals surface area contributed by atoms with E-state index in [-0.39, 0.29) is 16.5 Å². The Bertz CT molecular complexity index is 759. The fourth-order valence-electron chi connectivity index (χ4n) is 2.92. The number of carbonyl (C=O) groups excluding carboxylic acids is 1. The van der Waals surface area contributed by atoms with Crippen LogP contribution >= 0.6 is 0 Å². The average Bonchev–Trinajstić information content (AvgIpc) is 2.76. The van der Waals surface area contributed by atoms with Crippen molar-refractivity contribution in [3.05, 3.63) is 18.3 Å². The van der Waals surface area contributed by atoms with Crippen LogP contribution in [0.3, 0.4) is 0 Å². The van der Waals surface area contributed by atoms with Gasteiger partial charge in [-0.05, 0) is 59.1 Å². The van der Waals surface area contributed by atoms with Crippen LogP contribution < -0.4 is 10.0 Å². The lowest BCUT2D eigenvalue weighted by Crippen LogP contribution is -2.40. The predicted octanol–water partition coefficient (Wildman–Crippen LogP) is 2.58. The minimum absolute atomic E-state index is 0.0565. The zero-order valence-electron chi connectivity index (χ0n) is 16.7. The first kappa shape index (κ1) is 21.6. The van der Waals surface area contributed by atoms with Gasteiger partial charge in [0.15, 0.2) is 0 Å². The molecule has 152 valence electrons. The summed E-state index contributed by atoms with van der Waals surface area (Å²) in [6.45, 7) is 8.60. The number of methoxy groups -OCH3 is 1. The highest BCUT2D eigenvalue weighted by Crippen LogP contribution is 2.25. The number of rotatable bonds is 4. The average molecular weight is 399 g/mol. The third-order valence-electron chi connectivity index (χ3n) is 4.55. The third kappa shape index (κ3) is 6.15. The van der Waals surface area contributed by atoms with Crippen LogP contribution in [0.5, 0.6) is 0 Å². The maximum absolute atomic E-state index is 12.5. The van der Waals surface area contributed by atoms with Gasteiger partial charge in [0.1, 0.15) is 10.7 Å². The molecule has 9 heteroatoms. The molecule has 0 radical (unpaired) electrons. The number of hydrogen-bond donors (Lipinski definition) is 2. The SMILES string of the molecule is COC1(C)CCCN(C(=O)Nc2ccc(S(=O)(=O)NC(C)(C)C)cn2)CC1. The summed E-state index contributed by atoms with van der Waals surface area (Å²) in [5.41, 5.74) is -0.793. The van der Waals surface area contributed by atoms with Crippen LogP contribution in [0.15, 0.2) is 23.2 Å². The van der Waals surface area contributed by atoms with Crippen LogP contribution in [0, 0.1) is 0 Å². The molecule has 0 saturated carbocycles. The van der Waals surface area contributed by atoms with E-state index in [1.54, 1.807) is 32.8 Å². The van der Waals surface area contributed by atoms with E-state index in [1.165, 1.54) is 18.3 Å². The second-order valence-corrected chi connectivity index (χ2v) is 9.84. The van der Waals surface area contributed by atoms with Crippen LogP contribution in [0.2, 0.25) is 0 Å². The first-order valence-electron chi connectivity index (χ1n) is 9.05. The number of amides is 2. The van der Waals surface area contributed by atoms with E-state index in [2.05, 4.69) is 21.9 Å². The highest BCUT2D eigenvalue weighted by molar-refractivity contribution is 7.89. The number of likely N-dealkylation sites (tertiary alicyclic amines) is 1. The van der Waals surface area contributed by atoms with Gasteiger partial charge in [0, 0.05) is 31.9 Å². The van der Waals surface area contributed by atoms with Crippen molar-refractivity contribution in [1.29, 1.82) is 0 Å². The fraction of sp³-hybridized carbons (Fsp3) is 0.667. The number of pyridine rings is 1. The molecule has 2 heterocycles. The number of ether oxygens (including phenoxy) is 1. The molecule has 1 aromatic rings. The molecule has 1 saturated heterocycles. The van der Waals surface area contributed by atoms with Crippen LogP contribution in [-0.4, -0.2) is 55.7 Å². The van der Waals surface area contributed by atoms with E-state index in [0.717, 1.165) is 19.3 Å². The molecule has 1 aliphatic rings. The lowest BCUT2D eigenvalue weighted by Gasteiger charge is -2.26. The van der Waals surface area contributed by atoms with Crippen LogP contribution in [-0.2, 0) is 14.8 Å². The standard InChI is InChI=1S/C18H30N4O4S/c1-17(2,3)21-27(24,25)14-7-8-15(19-13-14)20-16(23)22-11-6-9-18(4,26-5)10-12-22/h7-8,13,21H,6,9-12H2,1-5H3,(H,19,20,23). The van der Waals surface area contributed by atoms with Gasteiger partial charge in [0.25, 0.3) is 0 Å². The van der Waals surface area contributed by atoms with Crippen molar-refractivity contribution in [2.75, 3.05) is 25.5 Å². The molecule has 1 unspecified atom stereocenters. The zero-order chi connectivity index (χ0) is 20.3. The second kappa shape index (κ2) is 8.12. The molecule has 0 spiro atoms. The van der Waals surface area contributed by atoms with Crippen LogP contribution in [0.4, 0.5) is 10.6 Å². The van der Waals surface area contributed by atoms with E-state index in [0.29, 0.717) is 18.9 Å². The Morgan fingerprint density at radius 1 is 1.26 bits per heavy atom. The van der Waals surface area contributed by atoms with Crippen molar-refractivity contribution in [2.24, 2.45) is 0 Å². The van der Waals surface area contributed by atoms with Gasteiger partial charge in [0.2, 0.25) is 10.0 Å². The summed E-state index contributed by atoms with van der Waals surface area (Å²) in [4.78, 5) is 18.4. The second-order valence-electron chi connectivity index (χ2n) is 8.16. The summed E-state index contributed by atoms with van der Waals surface area (Å²) in [7, 11) is -1.96. The van der Waals surface area contributed by atoms with E-state index in [4.69, 9.17) is 4.74 Å². The Morgan fingerprint density at radius 2 is 1.96 bits per heavy atom. The molecule has 2 N–H and O–H groups in total. The first-order chi connectivity index (χ1) is 12.4. The third-order valence-corrected chi connectivity index (χ3v) is 6.29. The number of carbonyl (C=O) groups is 1. The number of aromatic nitrogens is 1. The predicted molar refractivity (Wildman–Crippen MR) is 104 cm³/mol. The molecule has 2 rings (SSSR count). The van der Waals surface area contributed by atoms with Crippen molar-refractivity contribution in [3.8, 4) is 0 Å². The molecule has 0 aromatic carbocycles. The van der Waals surface area contributed by atoms with E-state index < -0.39 is 15.6 Å². The Labute approximate surface area is 161 Å². The van der Waals surface area contributed by atoms with Crippen molar-refractivity contribution < 1.29 is 17.9 Å². The summed E-state index contributed by atoms with van der Waals surface area (Å²) in [5, 5.41) is 2.73. The van der Waals surface area contributed by atoms with Gasteiger partial charge >= 0.3 is 6.03 Å². The first-order valence-corrected chi connectivity index (χ1v) is 10.5. The van der Waals surface area contributed by atoms with Crippen molar-refractivity contribution >= 4 is 21.9 Å². The largest absolute Gasteiger partial charge is 0.378 e. The molecule has 0 aliphatic carbocycles. The van der Waals surface area contributed by atoms with Crippen molar-refractivity contribution in [3.63, 3.8) is 0 Å². The molecular formula is C18H30N4O4S. The van der Waals surface area contributed by atoms with Crippen molar-refractivity contribution in [2.45, 2.75) is 63.0 Å². The molecule has 1 aliphatic heterocycles. The molecule has 1 fully saturated rings. The highest BCUT2D eigenvalue weighted by atomic mass is 32.2. The monoisotopic (exact) mass is 398 g/mol. The quantitative estimate of drug-likeness (QED) is 0.812.